The van der Waals surface area contributed by atoms with Gasteiger partial charge in [-0.25, -0.2) is 0 Å². The fraction of sp³-hybridized carbons (Fsp3) is 0.500. The zero-order chi connectivity index (χ0) is 11.4. The first kappa shape index (κ1) is 12.0. The minimum Gasteiger partial charge on any atom is -0.415 e. The van der Waals surface area contributed by atoms with Crippen LogP contribution >= 0.6 is 11.6 Å². The van der Waals surface area contributed by atoms with Gasteiger partial charge in [0.1, 0.15) is 0 Å². The molecule has 0 unspecified atom stereocenters. The molecule has 1 fully saturated rings. The largest absolute Gasteiger partial charge is 0.415 e. The third kappa shape index (κ3) is 2.59. The minimum absolute atomic E-state index is 0.338. The maximum Gasteiger partial charge on any atom is 0.269 e. The van der Waals surface area contributed by atoms with Gasteiger partial charge in [0.25, 0.3) is 9.76 Å². The lowest BCUT2D eigenvalue weighted by Crippen LogP contribution is -2.31. The molecule has 1 saturated heterocycles. The van der Waals surface area contributed by atoms with Crippen LogP contribution in [0.15, 0.2) is 18.2 Å². The second-order valence-corrected chi connectivity index (χ2v) is 5.52. The number of benzene rings is 1. The lowest BCUT2D eigenvalue weighted by atomic mass is 10.1. The molecule has 86 valence electrons. The normalized spacial score (nSPS) is 16.5. The monoisotopic (exact) mass is 253 g/mol. The third-order valence-corrected chi connectivity index (χ3v) is 4.28. The molecule has 1 aromatic carbocycles. The molecule has 0 bridgehead atoms. The molecule has 0 spiro atoms. The summed E-state index contributed by atoms with van der Waals surface area (Å²) in [6.45, 7) is 2.25. The SMILES string of the molecule is CO[Si]c1cccc(N2CCCCC2)c1Cl. The molecule has 16 heavy (non-hydrogen) atoms. The molecule has 0 saturated carbocycles. The first-order valence-corrected chi connectivity index (χ1v) is 6.94. The minimum atomic E-state index is 0.338. The van der Waals surface area contributed by atoms with E-state index in [2.05, 4.69) is 17.0 Å². The molecule has 1 aliphatic rings. The van der Waals surface area contributed by atoms with Gasteiger partial charge in [0.05, 0.1) is 10.7 Å². The smallest absolute Gasteiger partial charge is 0.269 e. The van der Waals surface area contributed by atoms with Gasteiger partial charge >= 0.3 is 0 Å². The Kier molecular flexibility index (Phi) is 4.27. The highest BCUT2D eigenvalue weighted by atomic mass is 35.5. The van der Waals surface area contributed by atoms with Crippen molar-refractivity contribution in [3.05, 3.63) is 23.2 Å². The summed E-state index contributed by atoms with van der Waals surface area (Å²) >= 11 is 6.41. The van der Waals surface area contributed by atoms with E-state index in [1.165, 1.54) is 24.9 Å². The van der Waals surface area contributed by atoms with E-state index in [4.69, 9.17) is 16.0 Å². The summed E-state index contributed by atoms with van der Waals surface area (Å²) in [5.41, 5.74) is 1.17. The Morgan fingerprint density at radius 1 is 1.25 bits per heavy atom. The van der Waals surface area contributed by atoms with E-state index in [-0.39, 0.29) is 0 Å². The Labute approximate surface area is 104 Å². The van der Waals surface area contributed by atoms with Gasteiger partial charge in [0, 0.05) is 20.2 Å². The van der Waals surface area contributed by atoms with Crippen LogP contribution in [-0.2, 0) is 4.43 Å². The Balaban J connectivity index is 2.22. The standard InChI is InChI=1S/C12H16ClNOSi/c1-15-16-11-7-5-6-10(12(11)13)14-8-3-2-4-9-14/h5-7H,2-4,8-9H2,1H3. The molecule has 1 heterocycles. The van der Waals surface area contributed by atoms with E-state index in [0.717, 1.165) is 23.3 Å². The number of nitrogens with zero attached hydrogens (tertiary/aromatic N) is 1. The van der Waals surface area contributed by atoms with Gasteiger partial charge < -0.3 is 9.33 Å². The van der Waals surface area contributed by atoms with E-state index >= 15 is 0 Å². The van der Waals surface area contributed by atoms with E-state index in [1.807, 2.05) is 6.07 Å². The first-order valence-electron chi connectivity index (χ1n) is 5.65. The van der Waals surface area contributed by atoms with Gasteiger partial charge in [-0.15, -0.1) is 0 Å². The lowest BCUT2D eigenvalue weighted by Gasteiger charge is -2.30. The van der Waals surface area contributed by atoms with E-state index < -0.39 is 0 Å². The summed E-state index contributed by atoms with van der Waals surface area (Å²) in [5, 5.41) is 1.97. The molecule has 4 heteroatoms. The molecule has 2 rings (SSSR count). The van der Waals surface area contributed by atoms with Crippen molar-refractivity contribution in [2.75, 3.05) is 25.1 Å². The van der Waals surface area contributed by atoms with Crippen molar-refractivity contribution in [2.45, 2.75) is 19.3 Å². The van der Waals surface area contributed by atoms with E-state index in [1.54, 1.807) is 7.11 Å². The van der Waals surface area contributed by atoms with Gasteiger partial charge in [-0.2, -0.15) is 0 Å². The topological polar surface area (TPSA) is 12.5 Å². The van der Waals surface area contributed by atoms with Crippen LogP contribution in [0.5, 0.6) is 0 Å². The second-order valence-electron chi connectivity index (χ2n) is 3.99. The zero-order valence-electron chi connectivity index (χ0n) is 9.50. The maximum atomic E-state index is 6.41. The van der Waals surface area contributed by atoms with Crippen molar-refractivity contribution < 1.29 is 4.43 Å². The van der Waals surface area contributed by atoms with Crippen LogP contribution in [0.1, 0.15) is 19.3 Å². The maximum absolute atomic E-state index is 6.41. The molecule has 0 aromatic heterocycles. The summed E-state index contributed by atoms with van der Waals surface area (Å²) in [6, 6.07) is 6.21. The fourth-order valence-corrected chi connectivity index (χ4v) is 3.05. The summed E-state index contributed by atoms with van der Waals surface area (Å²) in [7, 11) is 2.05. The summed E-state index contributed by atoms with van der Waals surface area (Å²) < 4.78 is 5.18. The quantitative estimate of drug-likeness (QED) is 0.766. The Morgan fingerprint density at radius 2 is 2.00 bits per heavy atom. The van der Waals surface area contributed by atoms with Crippen molar-refractivity contribution in [3.63, 3.8) is 0 Å². The Morgan fingerprint density at radius 3 is 2.69 bits per heavy atom. The first-order chi connectivity index (χ1) is 7.83. The number of halogens is 1. The van der Waals surface area contributed by atoms with Crippen LogP contribution in [0.4, 0.5) is 5.69 Å². The molecule has 0 aliphatic carbocycles. The Bertz CT molecular complexity index is 353. The van der Waals surface area contributed by atoms with Crippen LogP contribution in [0, 0.1) is 0 Å². The zero-order valence-corrected chi connectivity index (χ0v) is 11.3. The molecule has 0 amide bonds. The molecule has 1 aliphatic heterocycles. The predicted molar refractivity (Wildman–Crippen MR) is 69.9 cm³/mol. The summed E-state index contributed by atoms with van der Waals surface area (Å²) in [5.74, 6) is 0. The number of rotatable bonds is 3. The Hall–Kier alpha value is -0.513. The highest BCUT2D eigenvalue weighted by Crippen LogP contribution is 2.26. The van der Waals surface area contributed by atoms with Crippen LogP contribution < -0.4 is 10.1 Å². The highest BCUT2D eigenvalue weighted by Gasteiger charge is 2.15. The van der Waals surface area contributed by atoms with Crippen LogP contribution in [-0.4, -0.2) is 30.0 Å². The van der Waals surface area contributed by atoms with Crippen molar-refractivity contribution in [1.82, 2.24) is 0 Å². The van der Waals surface area contributed by atoms with E-state index in [9.17, 15) is 0 Å². The fourth-order valence-electron chi connectivity index (χ4n) is 2.09. The van der Waals surface area contributed by atoms with Crippen molar-refractivity contribution in [2.24, 2.45) is 0 Å². The number of piperidine rings is 1. The van der Waals surface area contributed by atoms with Crippen LogP contribution in [0.25, 0.3) is 0 Å². The molecule has 2 radical (unpaired) electrons. The van der Waals surface area contributed by atoms with Crippen molar-refractivity contribution in [1.29, 1.82) is 0 Å². The number of anilines is 1. The number of hydrogen-bond donors (Lipinski definition) is 0. The van der Waals surface area contributed by atoms with Crippen LogP contribution in [0.3, 0.4) is 0 Å². The van der Waals surface area contributed by atoms with Crippen molar-refractivity contribution >= 4 is 32.2 Å². The van der Waals surface area contributed by atoms with E-state index in [0.29, 0.717) is 9.76 Å². The van der Waals surface area contributed by atoms with Gasteiger partial charge in [-0.05, 0) is 30.5 Å². The molecule has 2 nitrogen and oxygen atoms in total. The molecule has 0 atom stereocenters. The van der Waals surface area contributed by atoms with Gasteiger partial charge in [-0.1, -0.05) is 23.7 Å². The molecular weight excluding hydrogens is 238 g/mol. The summed E-state index contributed by atoms with van der Waals surface area (Å²) in [4.78, 5) is 2.38. The average Bonchev–Trinajstić information content (AvgIpc) is 2.33. The van der Waals surface area contributed by atoms with Gasteiger partial charge in [-0.3, -0.25) is 0 Å². The third-order valence-electron chi connectivity index (χ3n) is 2.89. The summed E-state index contributed by atoms with van der Waals surface area (Å²) in [6.07, 6.45) is 3.88. The van der Waals surface area contributed by atoms with Gasteiger partial charge in [0.2, 0.25) is 0 Å². The van der Waals surface area contributed by atoms with Crippen molar-refractivity contribution in [3.8, 4) is 0 Å². The van der Waals surface area contributed by atoms with Crippen LogP contribution in [0.2, 0.25) is 5.02 Å². The van der Waals surface area contributed by atoms with Gasteiger partial charge in [0.15, 0.2) is 0 Å². The predicted octanol–water partition coefficient (Wildman–Crippen LogP) is 2.22. The average molecular weight is 254 g/mol. The highest BCUT2D eigenvalue weighted by molar-refractivity contribution is 6.54. The molecular formula is C12H16ClNOSi. The lowest BCUT2D eigenvalue weighted by molar-refractivity contribution is 0.450. The molecule has 0 N–H and O–H groups in total. The second kappa shape index (κ2) is 5.71. The number of hydrogen-bond acceptors (Lipinski definition) is 2. The molecule has 1 aromatic rings.